The van der Waals surface area contributed by atoms with Crippen LogP contribution in [-0.4, -0.2) is 36.0 Å². The second-order valence-corrected chi connectivity index (χ2v) is 4.91. The van der Waals surface area contributed by atoms with E-state index in [4.69, 9.17) is 0 Å². The number of nitrogens with one attached hydrogen (secondary N) is 1. The van der Waals surface area contributed by atoms with Crippen molar-refractivity contribution < 1.29 is 4.79 Å². The Morgan fingerprint density at radius 3 is 2.36 bits per heavy atom. The maximum Gasteiger partial charge on any atom is 0.222 e. The molecule has 2 aliphatic rings. The predicted octanol–water partition coefficient (Wildman–Crippen LogP) is 0.995. The molecule has 2 fully saturated rings. The molecule has 1 N–H and O–H groups in total. The van der Waals surface area contributed by atoms with Gasteiger partial charge in [-0.05, 0) is 32.6 Å². The van der Waals surface area contributed by atoms with Gasteiger partial charge in [-0.2, -0.15) is 0 Å². The van der Waals surface area contributed by atoms with Crippen molar-refractivity contribution in [3.05, 3.63) is 0 Å². The molecule has 1 saturated carbocycles. The summed E-state index contributed by atoms with van der Waals surface area (Å²) in [5.74, 6) is 1.08. The average molecular weight is 196 g/mol. The summed E-state index contributed by atoms with van der Waals surface area (Å²) in [5, 5.41) is 3.44. The van der Waals surface area contributed by atoms with Crippen molar-refractivity contribution in [3.8, 4) is 0 Å². The predicted molar refractivity (Wildman–Crippen MR) is 56.0 cm³/mol. The fourth-order valence-corrected chi connectivity index (χ4v) is 2.23. The lowest BCUT2D eigenvalue weighted by Crippen LogP contribution is -2.55. The van der Waals surface area contributed by atoms with E-state index in [1.165, 1.54) is 12.8 Å². The van der Waals surface area contributed by atoms with Crippen LogP contribution in [-0.2, 0) is 4.79 Å². The monoisotopic (exact) mass is 196 g/mol. The number of amides is 1. The van der Waals surface area contributed by atoms with Crippen molar-refractivity contribution in [2.75, 3.05) is 13.1 Å². The van der Waals surface area contributed by atoms with Crippen LogP contribution < -0.4 is 5.32 Å². The number of hydrogen-bond acceptors (Lipinski definition) is 2. The Bertz CT molecular complexity index is 215. The van der Waals surface area contributed by atoms with Crippen LogP contribution in [0.3, 0.4) is 0 Å². The molecule has 1 saturated heterocycles. The first-order chi connectivity index (χ1) is 6.65. The Balaban J connectivity index is 1.85. The van der Waals surface area contributed by atoms with Crippen LogP contribution in [0, 0.1) is 5.92 Å². The molecule has 0 aromatic carbocycles. The van der Waals surface area contributed by atoms with Crippen molar-refractivity contribution in [3.63, 3.8) is 0 Å². The van der Waals surface area contributed by atoms with E-state index in [0.717, 1.165) is 19.5 Å². The van der Waals surface area contributed by atoms with Crippen molar-refractivity contribution in [1.29, 1.82) is 0 Å². The van der Waals surface area contributed by atoms with Gasteiger partial charge in [0.05, 0.1) is 0 Å². The lowest BCUT2D eigenvalue weighted by molar-refractivity contribution is -0.133. The van der Waals surface area contributed by atoms with E-state index in [9.17, 15) is 4.79 Å². The fraction of sp³-hybridized carbons (Fsp3) is 0.909. The summed E-state index contributed by atoms with van der Waals surface area (Å²) in [6, 6.07) is 0.892. The van der Waals surface area contributed by atoms with E-state index >= 15 is 0 Å². The maximum atomic E-state index is 11.8. The molecule has 0 spiro atoms. The minimum atomic E-state index is 0.368. The Labute approximate surface area is 85.8 Å². The molecule has 0 radical (unpaired) electrons. The van der Waals surface area contributed by atoms with Gasteiger partial charge in [0.15, 0.2) is 0 Å². The molecule has 1 aliphatic heterocycles. The van der Waals surface area contributed by atoms with Crippen LogP contribution in [0.4, 0.5) is 0 Å². The van der Waals surface area contributed by atoms with E-state index in [2.05, 4.69) is 19.2 Å². The van der Waals surface area contributed by atoms with Gasteiger partial charge in [-0.15, -0.1) is 0 Å². The number of rotatable bonds is 2. The number of nitrogens with zero attached hydrogens (tertiary/aromatic N) is 1. The van der Waals surface area contributed by atoms with Crippen molar-refractivity contribution in [2.45, 2.75) is 45.2 Å². The zero-order chi connectivity index (χ0) is 10.1. The van der Waals surface area contributed by atoms with Gasteiger partial charge in [0, 0.05) is 31.6 Å². The van der Waals surface area contributed by atoms with Crippen LogP contribution in [0.25, 0.3) is 0 Å². The van der Waals surface area contributed by atoms with Gasteiger partial charge in [0.25, 0.3) is 0 Å². The molecule has 14 heavy (non-hydrogen) atoms. The van der Waals surface area contributed by atoms with Crippen molar-refractivity contribution >= 4 is 5.91 Å². The van der Waals surface area contributed by atoms with Gasteiger partial charge < -0.3 is 10.2 Å². The Kier molecular flexibility index (Phi) is 2.77. The van der Waals surface area contributed by atoms with E-state index in [1.807, 2.05) is 4.90 Å². The van der Waals surface area contributed by atoms with Gasteiger partial charge in [0.2, 0.25) is 5.91 Å². The summed E-state index contributed by atoms with van der Waals surface area (Å²) in [4.78, 5) is 13.9. The van der Waals surface area contributed by atoms with Crippen LogP contribution in [0.1, 0.15) is 33.1 Å². The topological polar surface area (TPSA) is 32.3 Å². The molecule has 1 aliphatic carbocycles. The summed E-state index contributed by atoms with van der Waals surface area (Å²) >= 11 is 0. The second-order valence-electron chi connectivity index (χ2n) is 4.91. The molecule has 0 unspecified atom stereocenters. The summed E-state index contributed by atoms with van der Waals surface area (Å²) in [7, 11) is 0. The van der Waals surface area contributed by atoms with Crippen LogP contribution in [0.2, 0.25) is 0 Å². The molecule has 80 valence electrons. The zero-order valence-corrected chi connectivity index (χ0v) is 9.12. The summed E-state index contributed by atoms with van der Waals surface area (Å²) in [5.41, 5.74) is 0. The quantitative estimate of drug-likeness (QED) is 0.714. The number of carbonyl (C=O) groups excluding carboxylic acids is 1. The highest BCUT2D eigenvalue weighted by molar-refractivity contribution is 5.77. The lowest BCUT2D eigenvalue weighted by Gasteiger charge is -2.36. The lowest BCUT2D eigenvalue weighted by atomic mass is 10.1. The first-order valence-corrected chi connectivity index (χ1v) is 5.69. The largest absolute Gasteiger partial charge is 0.340 e. The molecule has 1 heterocycles. The zero-order valence-electron chi connectivity index (χ0n) is 9.12. The molecular formula is C11H20N2O. The first-order valence-electron chi connectivity index (χ1n) is 5.69. The Morgan fingerprint density at radius 1 is 1.29 bits per heavy atom. The molecule has 3 heteroatoms. The highest BCUT2D eigenvalue weighted by Crippen LogP contribution is 2.33. The molecule has 1 amide bonds. The fourth-order valence-electron chi connectivity index (χ4n) is 2.23. The highest BCUT2D eigenvalue weighted by atomic mass is 16.2. The van der Waals surface area contributed by atoms with Crippen molar-refractivity contribution in [2.24, 2.45) is 5.92 Å². The molecule has 0 aromatic rings. The third kappa shape index (κ3) is 2.47. The van der Waals surface area contributed by atoms with Crippen LogP contribution in [0.15, 0.2) is 0 Å². The first kappa shape index (κ1) is 9.97. The molecule has 0 bridgehead atoms. The van der Waals surface area contributed by atoms with Gasteiger partial charge in [0.1, 0.15) is 0 Å². The smallest absolute Gasteiger partial charge is 0.222 e. The van der Waals surface area contributed by atoms with Crippen LogP contribution in [0.5, 0.6) is 0 Å². The normalized spacial score (nSPS) is 33.1. The summed E-state index contributed by atoms with van der Waals surface area (Å²) in [6.45, 7) is 6.06. The second kappa shape index (κ2) is 3.89. The standard InChI is InChI=1S/C11H20N2O/c1-8-6-13(7-9(2)12-8)11(14)5-10-3-4-10/h8-10,12H,3-7H2,1-2H3/t8-,9+. The van der Waals surface area contributed by atoms with Gasteiger partial charge in [-0.3, -0.25) is 4.79 Å². The number of hydrogen-bond donors (Lipinski definition) is 1. The molecular weight excluding hydrogens is 176 g/mol. The van der Waals surface area contributed by atoms with E-state index in [1.54, 1.807) is 0 Å². The number of piperazine rings is 1. The average Bonchev–Trinajstić information content (AvgIpc) is 2.86. The molecule has 2 rings (SSSR count). The molecule has 3 nitrogen and oxygen atoms in total. The Hall–Kier alpha value is -0.570. The van der Waals surface area contributed by atoms with Crippen molar-refractivity contribution in [1.82, 2.24) is 10.2 Å². The number of carbonyl (C=O) groups is 1. The highest BCUT2D eigenvalue weighted by Gasteiger charge is 2.30. The summed E-state index contributed by atoms with van der Waals surface area (Å²) in [6.07, 6.45) is 3.32. The van der Waals surface area contributed by atoms with E-state index in [-0.39, 0.29) is 0 Å². The summed E-state index contributed by atoms with van der Waals surface area (Å²) < 4.78 is 0. The molecule has 0 aromatic heterocycles. The van der Waals surface area contributed by atoms with E-state index in [0.29, 0.717) is 23.9 Å². The van der Waals surface area contributed by atoms with Gasteiger partial charge in [-0.25, -0.2) is 0 Å². The SMILES string of the molecule is C[C@@H]1CN(C(=O)CC2CC2)C[C@H](C)N1. The minimum absolute atomic E-state index is 0.368. The third-order valence-corrected chi connectivity index (χ3v) is 3.07. The third-order valence-electron chi connectivity index (χ3n) is 3.07. The van der Waals surface area contributed by atoms with Gasteiger partial charge >= 0.3 is 0 Å². The molecule has 2 atom stereocenters. The van der Waals surface area contributed by atoms with Crippen LogP contribution >= 0.6 is 0 Å². The maximum absolute atomic E-state index is 11.8. The Morgan fingerprint density at radius 2 is 1.86 bits per heavy atom. The van der Waals surface area contributed by atoms with E-state index < -0.39 is 0 Å². The minimum Gasteiger partial charge on any atom is -0.340 e. The van der Waals surface area contributed by atoms with Gasteiger partial charge in [-0.1, -0.05) is 0 Å².